The van der Waals surface area contributed by atoms with Crippen LogP contribution in [0.1, 0.15) is 31.4 Å². The standard InChI is InChI=1S/C12H15BrFNO/c1-3-4-10-12(15-2)7-5-8(13)9(14)6-11(7)16-10/h5-6,10,12,15H,3-4H2,1-2H3. The zero-order valence-corrected chi connectivity index (χ0v) is 11.0. The summed E-state index contributed by atoms with van der Waals surface area (Å²) in [5.41, 5.74) is 1.04. The van der Waals surface area contributed by atoms with Gasteiger partial charge in [-0.15, -0.1) is 0 Å². The van der Waals surface area contributed by atoms with E-state index >= 15 is 0 Å². The van der Waals surface area contributed by atoms with Crippen LogP contribution >= 0.6 is 15.9 Å². The van der Waals surface area contributed by atoms with Gasteiger partial charge < -0.3 is 10.1 Å². The van der Waals surface area contributed by atoms with Gasteiger partial charge in [0, 0.05) is 11.6 Å². The fourth-order valence-corrected chi connectivity index (χ4v) is 2.53. The van der Waals surface area contributed by atoms with E-state index in [9.17, 15) is 4.39 Å². The van der Waals surface area contributed by atoms with E-state index in [-0.39, 0.29) is 18.0 Å². The minimum absolute atomic E-state index is 0.110. The van der Waals surface area contributed by atoms with Gasteiger partial charge in [0.1, 0.15) is 17.7 Å². The predicted octanol–water partition coefficient (Wildman–Crippen LogP) is 3.41. The number of nitrogens with one attached hydrogen (secondary N) is 1. The van der Waals surface area contributed by atoms with E-state index < -0.39 is 0 Å². The average Bonchev–Trinajstić information content (AvgIpc) is 2.56. The first-order valence-electron chi connectivity index (χ1n) is 5.50. The summed E-state index contributed by atoms with van der Waals surface area (Å²) in [4.78, 5) is 0. The third kappa shape index (κ3) is 1.96. The molecule has 1 N–H and O–H groups in total. The molecule has 0 fully saturated rings. The maximum absolute atomic E-state index is 13.4. The van der Waals surface area contributed by atoms with Gasteiger partial charge in [-0.3, -0.25) is 0 Å². The second kappa shape index (κ2) is 4.72. The first-order chi connectivity index (χ1) is 7.67. The maximum Gasteiger partial charge on any atom is 0.141 e. The van der Waals surface area contributed by atoms with Crippen molar-refractivity contribution in [1.29, 1.82) is 0 Å². The van der Waals surface area contributed by atoms with Crippen molar-refractivity contribution < 1.29 is 9.13 Å². The Morgan fingerprint density at radius 1 is 1.50 bits per heavy atom. The van der Waals surface area contributed by atoms with Gasteiger partial charge in [0.2, 0.25) is 0 Å². The quantitative estimate of drug-likeness (QED) is 0.920. The monoisotopic (exact) mass is 287 g/mol. The lowest BCUT2D eigenvalue weighted by Crippen LogP contribution is -2.28. The van der Waals surface area contributed by atoms with Gasteiger partial charge in [0.25, 0.3) is 0 Å². The number of hydrogen-bond donors (Lipinski definition) is 1. The maximum atomic E-state index is 13.4. The van der Waals surface area contributed by atoms with E-state index in [1.807, 2.05) is 13.1 Å². The Morgan fingerprint density at radius 2 is 2.25 bits per heavy atom. The summed E-state index contributed by atoms with van der Waals surface area (Å²) in [6.45, 7) is 2.12. The van der Waals surface area contributed by atoms with Crippen LogP contribution in [-0.4, -0.2) is 13.2 Å². The van der Waals surface area contributed by atoms with Crippen molar-refractivity contribution in [2.24, 2.45) is 0 Å². The van der Waals surface area contributed by atoms with E-state index in [0.29, 0.717) is 10.2 Å². The van der Waals surface area contributed by atoms with Crippen molar-refractivity contribution in [3.63, 3.8) is 0 Å². The first kappa shape index (κ1) is 11.9. The van der Waals surface area contributed by atoms with Gasteiger partial charge in [-0.25, -0.2) is 4.39 Å². The molecule has 2 atom stereocenters. The number of likely N-dealkylation sites (N-methyl/N-ethyl adjacent to an activating group) is 1. The van der Waals surface area contributed by atoms with Crippen LogP contribution in [0.4, 0.5) is 4.39 Å². The highest BCUT2D eigenvalue weighted by Crippen LogP contribution is 2.40. The number of benzene rings is 1. The summed E-state index contributed by atoms with van der Waals surface area (Å²) < 4.78 is 19.6. The second-order valence-corrected chi connectivity index (χ2v) is 4.87. The molecule has 2 rings (SSSR count). The number of halogens is 2. The highest BCUT2D eigenvalue weighted by atomic mass is 79.9. The minimum atomic E-state index is -0.272. The van der Waals surface area contributed by atoms with Gasteiger partial charge in [-0.1, -0.05) is 13.3 Å². The van der Waals surface area contributed by atoms with Crippen LogP contribution in [0.3, 0.4) is 0 Å². The van der Waals surface area contributed by atoms with Crippen LogP contribution < -0.4 is 10.1 Å². The smallest absolute Gasteiger partial charge is 0.141 e. The SMILES string of the molecule is CCCC1Oc2cc(F)c(Br)cc2C1NC. The second-order valence-electron chi connectivity index (χ2n) is 4.02. The number of rotatable bonds is 3. The topological polar surface area (TPSA) is 21.3 Å². The Balaban J connectivity index is 2.35. The molecular formula is C12H15BrFNO. The molecule has 0 bridgehead atoms. The molecule has 1 heterocycles. The molecule has 1 aromatic rings. The third-order valence-corrected chi connectivity index (χ3v) is 3.53. The van der Waals surface area contributed by atoms with Crippen LogP contribution in [0.2, 0.25) is 0 Å². The van der Waals surface area contributed by atoms with Crippen LogP contribution in [0.15, 0.2) is 16.6 Å². The highest BCUT2D eigenvalue weighted by Gasteiger charge is 2.33. The van der Waals surface area contributed by atoms with Crippen molar-refractivity contribution in [2.75, 3.05) is 7.05 Å². The molecule has 0 aromatic heterocycles. The molecule has 1 aliphatic heterocycles. The van der Waals surface area contributed by atoms with Crippen molar-refractivity contribution in [3.05, 3.63) is 28.0 Å². The summed E-state index contributed by atoms with van der Waals surface area (Å²) >= 11 is 3.21. The summed E-state index contributed by atoms with van der Waals surface area (Å²) in [5.74, 6) is 0.393. The van der Waals surface area contributed by atoms with E-state index in [1.54, 1.807) is 0 Å². The highest BCUT2D eigenvalue weighted by molar-refractivity contribution is 9.10. The molecule has 2 unspecified atom stereocenters. The molecule has 0 aliphatic carbocycles. The van der Waals surface area contributed by atoms with Crippen molar-refractivity contribution in [2.45, 2.75) is 31.9 Å². The normalized spacial score (nSPS) is 23.0. The lowest BCUT2D eigenvalue weighted by Gasteiger charge is -2.17. The van der Waals surface area contributed by atoms with E-state index in [1.165, 1.54) is 6.07 Å². The van der Waals surface area contributed by atoms with Crippen LogP contribution in [0, 0.1) is 5.82 Å². The number of hydrogen-bond acceptors (Lipinski definition) is 2. The Hall–Kier alpha value is -0.610. The number of ether oxygens (including phenoxy) is 1. The average molecular weight is 288 g/mol. The van der Waals surface area contributed by atoms with Crippen molar-refractivity contribution in [3.8, 4) is 5.75 Å². The van der Waals surface area contributed by atoms with Gasteiger partial charge in [-0.2, -0.15) is 0 Å². The molecule has 0 amide bonds. The summed E-state index contributed by atoms with van der Waals surface area (Å²) in [6, 6.07) is 3.42. The lowest BCUT2D eigenvalue weighted by molar-refractivity contribution is 0.182. The molecule has 4 heteroatoms. The summed E-state index contributed by atoms with van der Waals surface area (Å²) in [5, 5.41) is 3.23. The molecule has 88 valence electrons. The Labute approximate surface area is 103 Å². The van der Waals surface area contributed by atoms with E-state index in [0.717, 1.165) is 18.4 Å². The van der Waals surface area contributed by atoms with Crippen molar-refractivity contribution >= 4 is 15.9 Å². The molecular weight excluding hydrogens is 273 g/mol. The summed E-state index contributed by atoms with van der Waals surface area (Å²) in [6.07, 6.45) is 2.14. The van der Waals surface area contributed by atoms with E-state index in [4.69, 9.17) is 4.74 Å². The fourth-order valence-electron chi connectivity index (χ4n) is 2.17. The molecule has 1 aromatic carbocycles. The summed E-state index contributed by atoms with van der Waals surface area (Å²) in [7, 11) is 1.91. The fraction of sp³-hybridized carbons (Fsp3) is 0.500. The van der Waals surface area contributed by atoms with Crippen LogP contribution in [0.5, 0.6) is 5.75 Å². The Morgan fingerprint density at radius 3 is 2.88 bits per heavy atom. The Bertz CT molecular complexity index is 397. The minimum Gasteiger partial charge on any atom is -0.488 e. The van der Waals surface area contributed by atoms with Gasteiger partial charge >= 0.3 is 0 Å². The molecule has 0 saturated heterocycles. The number of fused-ring (bicyclic) bond motifs is 1. The molecule has 16 heavy (non-hydrogen) atoms. The zero-order valence-electron chi connectivity index (χ0n) is 9.39. The van der Waals surface area contributed by atoms with E-state index in [2.05, 4.69) is 28.2 Å². The van der Waals surface area contributed by atoms with Gasteiger partial charge in [0.05, 0.1) is 10.5 Å². The Kier molecular flexibility index (Phi) is 3.50. The predicted molar refractivity (Wildman–Crippen MR) is 65.2 cm³/mol. The van der Waals surface area contributed by atoms with Crippen LogP contribution in [-0.2, 0) is 0 Å². The van der Waals surface area contributed by atoms with Gasteiger partial charge in [0.15, 0.2) is 0 Å². The molecule has 1 aliphatic rings. The molecule has 0 spiro atoms. The lowest BCUT2D eigenvalue weighted by atomic mass is 10.0. The molecule has 2 nitrogen and oxygen atoms in total. The van der Waals surface area contributed by atoms with Crippen LogP contribution in [0.25, 0.3) is 0 Å². The first-order valence-corrected chi connectivity index (χ1v) is 6.29. The third-order valence-electron chi connectivity index (χ3n) is 2.92. The van der Waals surface area contributed by atoms with Crippen molar-refractivity contribution in [1.82, 2.24) is 5.32 Å². The molecule has 0 radical (unpaired) electrons. The molecule has 0 saturated carbocycles. The van der Waals surface area contributed by atoms with Gasteiger partial charge in [-0.05, 0) is 35.5 Å². The zero-order chi connectivity index (χ0) is 11.7. The largest absolute Gasteiger partial charge is 0.488 e.